The van der Waals surface area contributed by atoms with E-state index < -0.39 is 0 Å². The third-order valence-electron chi connectivity index (χ3n) is 2.50. The Bertz CT molecular complexity index is 647. The standard InChI is InChI=1S/C11H11Br2N3O2/c1-2-5(12)10(17)14-7-4-9-8(3-6(7)13)15-11(18)16-9/h3-5H,2H2,1H3,(H,14,17)(H2,15,16,18). The average molecular weight is 377 g/mol. The van der Waals surface area contributed by atoms with Crippen molar-refractivity contribution in [2.75, 3.05) is 5.32 Å². The number of benzene rings is 1. The van der Waals surface area contributed by atoms with Gasteiger partial charge in [0.15, 0.2) is 0 Å². The molecule has 0 saturated carbocycles. The van der Waals surface area contributed by atoms with Crippen LogP contribution in [0.25, 0.3) is 11.0 Å². The summed E-state index contributed by atoms with van der Waals surface area (Å²) in [4.78, 5) is 28.0. The van der Waals surface area contributed by atoms with Crippen LogP contribution in [0.5, 0.6) is 0 Å². The summed E-state index contributed by atoms with van der Waals surface area (Å²) >= 11 is 6.65. The van der Waals surface area contributed by atoms with Crippen molar-refractivity contribution in [3.05, 3.63) is 27.1 Å². The average Bonchev–Trinajstić information content (AvgIpc) is 2.67. The lowest BCUT2D eigenvalue weighted by atomic mass is 10.2. The van der Waals surface area contributed by atoms with Gasteiger partial charge in [0.25, 0.3) is 0 Å². The Morgan fingerprint density at radius 3 is 2.61 bits per heavy atom. The quantitative estimate of drug-likeness (QED) is 0.720. The van der Waals surface area contributed by atoms with Gasteiger partial charge in [-0.3, -0.25) is 4.79 Å². The van der Waals surface area contributed by atoms with Gasteiger partial charge in [-0.15, -0.1) is 0 Å². The van der Waals surface area contributed by atoms with E-state index in [9.17, 15) is 9.59 Å². The summed E-state index contributed by atoms with van der Waals surface area (Å²) in [7, 11) is 0. The lowest BCUT2D eigenvalue weighted by Crippen LogP contribution is -2.22. The van der Waals surface area contributed by atoms with Crippen LogP contribution in [0.1, 0.15) is 13.3 Å². The number of carbonyl (C=O) groups excluding carboxylic acids is 1. The van der Waals surface area contributed by atoms with Crippen LogP contribution in [0.4, 0.5) is 5.69 Å². The van der Waals surface area contributed by atoms with Crippen LogP contribution in [0.15, 0.2) is 21.4 Å². The number of fused-ring (bicyclic) bond motifs is 1. The van der Waals surface area contributed by atoms with E-state index in [-0.39, 0.29) is 16.4 Å². The number of H-pyrrole nitrogens is 2. The third kappa shape index (κ3) is 2.67. The molecule has 0 aliphatic carbocycles. The van der Waals surface area contributed by atoms with Gasteiger partial charge >= 0.3 is 5.69 Å². The highest BCUT2D eigenvalue weighted by molar-refractivity contribution is 9.10. The second-order valence-electron chi connectivity index (χ2n) is 3.82. The van der Waals surface area contributed by atoms with Gasteiger partial charge in [0, 0.05) is 4.47 Å². The van der Waals surface area contributed by atoms with Crippen LogP contribution in [0.2, 0.25) is 0 Å². The van der Waals surface area contributed by atoms with Gasteiger partial charge in [-0.25, -0.2) is 4.79 Å². The molecule has 2 rings (SSSR count). The number of amides is 1. The number of carbonyl (C=O) groups is 1. The Labute approximate surface area is 120 Å². The minimum absolute atomic E-state index is 0.115. The SMILES string of the molecule is CCC(Br)C(=O)Nc1cc2[nH]c(=O)[nH]c2cc1Br. The molecule has 1 amide bonds. The molecule has 0 saturated heterocycles. The first kappa shape index (κ1) is 13.4. The second-order valence-corrected chi connectivity index (χ2v) is 5.78. The number of aromatic amines is 2. The summed E-state index contributed by atoms with van der Waals surface area (Å²) in [5.41, 5.74) is 1.70. The molecule has 18 heavy (non-hydrogen) atoms. The molecule has 1 heterocycles. The van der Waals surface area contributed by atoms with Crippen LogP contribution in [0.3, 0.4) is 0 Å². The van der Waals surface area contributed by atoms with Crippen LogP contribution < -0.4 is 11.0 Å². The Balaban J connectivity index is 2.36. The van der Waals surface area contributed by atoms with Gasteiger partial charge in [0.05, 0.1) is 21.5 Å². The molecule has 7 heteroatoms. The van der Waals surface area contributed by atoms with Crippen molar-refractivity contribution < 1.29 is 4.79 Å². The number of hydrogen-bond acceptors (Lipinski definition) is 2. The summed E-state index contributed by atoms with van der Waals surface area (Å²) in [6, 6.07) is 3.46. The molecule has 5 nitrogen and oxygen atoms in total. The first-order chi connectivity index (χ1) is 8.51. The number of hydrogen-bond donors (Lipinski definition) is 3. The molecule has 1 aromatic carbocycles. The minimum Gasteiger partial charge on any atom is -0.324 e. The van der Waals surface area contributed by atoms with Gasteiger partial charge in [-0.05, 0) is 34.5 Å². The first-order valence-corrected chi connectivity index (χ1v) is 7.08. The molecule has 1 unspecified atom stereocenters. The van der Waals surface area contributed by atoms with Gasteiger partial charge < -0.3 is 15.3 Å². The molecule has 1 aromatic heterocycles. The third-order valence-corrected chi connectivity index (χ3v) is 4.22. The van der Waals surface area contributed by atoms with E-state index in [0.29, 0.717) is 23.1 Å². The number of nitrogens with one attached hydrogen (secondary N) is 3. The minimum atomic E-state index is -0.271. The van der Waals surface area contributed by atoms with E-state index in [4.69, 9.17) is 0 Å². The molecule has 0 spiro atoms. The van der Waals surface area contributed by atoms with Crippen molar-refractivity contribution in [2.24, 2.45) is 0 Å². The van der Waals surface area contributed by atoms with Crippen LogP contribution in [-0.4, -0.2) is 20.7 Å². The smallest absolute Gasteiger partial charge is 0.323 e. The normalized spacial score (nSPS) is 12.6. The summed E-state index contributed by atoms with van der Waals surface area (Å²) < 4.78 is 0.717. The zero-order valence-corrected chi connectivity index (χ0v) is 12.7. The van der Waals surface area contributed by atoms with Crippen molar-refractivity contribution in [1.82, 2.24) is 9.97 Å². The fourth-order valence-electron chi connectivity index (χ4n) is 1.55. The fourth-order valence-corrected chi connectivity index (χ4v) is 2.11. The Kier molecular flexibility index (Phi) is 3.91. The molecule has 96 valence electrons. The van der Waals surface area contributed by atoms with Crippen molar-refractivity contribution in [2.45, 2.75) is 18.2 Å². The van der Waals surface area contributed by atoms with E-state index in [0.717, 1.165) is 4.47 Å². The molecule has 3 N–H and O–H groups in total. The summed E-state index contributed by atoms with van der Waals surface area (Å²) in [6.07, 6.45) is 0.701. The molecule has 0 fully saturated rings. The van der Waals surface area contributed by atoms with Crippen LogP contribution in [0, 0.1) is 0 Å². The van der Waals surface area contributed by atoms with E-state index in [2.05, 4.69) is 47.1 Å². The van der Waals surface area contributed by atoms with Gasteiger partial charge in [0.2, 0.25) is 5.91 Å². The number of imidazole rings is 1. The highest BCUT2D eigenvalue weighted by Gasteiger charge is 2.14. The van der Waals surface area contributed by atoms with Gasteiger partial charge in [-0.2, -0.15) is 0 Å². The van der Waals surface area contributed by atoms with E-state index in [1.165, 1.54) is 0 Å². The molecular formula is C11H11Br2N3O2. The fraction of sp³-hybridized carbons (Fsp3) is 0.273. The van der Waals surface area contributed by atoms with E-state index in [1.807, 2.05) is 6.92 Å². The number of rotatable bonds is 3. The maximum absolute atomic E-state index is 11.8. The lowest BCUT2D eigenvalue weighted by molar-refractivity contribution is -0.115. The number of aromatic nitrogens is 2. The van der Waals surface area contributed by atoms with E-state index in [1.54, 1.807) is 12.1 Å². The van der Waals surface area contributed by atoms with Crippen LogP contribution in [-0.2, 0) is 4.79 Å². The predicted octanol–water partition coefficient (Wildman–Crippen LogP) is 2.73. The van der Waals surface area contributed by atoms with Gasteiger partial charge in [0.1, 0.15) is 0 Å². The van der Waals surface area contributed by atoms with Crippen molar-refractivity contribution >= 4 is 54.5 Å². The summed E-state index contributed by atoms with van der Waals surface area (Å²) in [5, 5.41) is 2.79. The molecule has 1 atom stereocenters. The lowest BCUT2D eigenvalue weighted by Gasteiger charge is -2.10. The number of alkyl halides is 1. The molecule has 0 aliphatic rings. The number of halogens is 2. The molecule has 0 aliphatic heterocycles. The van der Waals surface area contributed by atoms with Crippen molar-refractivity contribution in [3.63, 3.8) is 0 Å². The zero-order valence-electron chi connectivity index (χ0n) is 9.51. The number of anilines is 1. The summed E-state index contributed by atoms with van der Waals surface area (Å²) in [5.74, 6) is -0.115. The van der Waals surface area contributed by atoms with E-state index >= 15 is 0 Å². The zero-order chi connectivity index (χ0) is 13.3. The second kappa shape index (κ2) is 5.27. The molecular weight excluding hydrogens is 366 g/mol. The highest BCUT2D eigenvalue weighted by Crippen LogP contribution is 2.27. The van der Waals surface area contributed by atoms with Crippen molar-refractivity contribution in [1.29, 1.82) is 0 Å². The first-order valence-electron chi connectivity index (χ1n) is 5.37. The highest BCUT2D eigenvalue weighted by atomic mass is 79.9. The molecule has 0 radical (unpaired) electrons. The molecule has 2 aromatic rings. The van der Waals surface area contributed by atoms with Crippen LogP contribution >= 0.6 is 31.9 Å². The topological polar surface area (TPSA) is 77.8 Å². The summed E-state index contributed by atoms with van der Waals surface area (Å²) in [6.45, 7) is 1.92. The maximum Gasteiger partial charge on any atom is 0.323 e. The van der Waals surface area contributed by atoms with Crippen molar-refractivity contribution in [3.8, 4) is 0 Å². The monoisotopic (exact) mass is 375 g/mol. The Morgan fingerprint density at radius 1 is 1.39 bits per heavy atom. The largest absolute Gasteiger partial charge is 0.324 e. The maximum atomic E-state index is 11.8. The molecule has 0 bridgehead atoms. The Morgan fingerprint density at radius 2 is 2.00 bits per heavy atom. The van der Waals surface area contributed by atoms with Gasteiger partial charge in [-0.1, -0.05) is 22.9 Å². The Hall–Kier alpha value is -1.08. The predicted molar refractivity (Wildman–Crippen MR) is 78.3 cm³/mol.